The predicted molar refractivity (Wildman–Crippen MR) is 78.0 cm³/mol. The maximum absolute atomic E-state index is 11.2. The van der Waals surface area contributed by atoms with Gasteiger partial charge in [-0.15, -0.1) is 0 Å². The van der Waals surface area contributed by atoms with E-state index in [0.717, 1.165) is 26.2 Å². The molecule has 1 atom stereocenters. The van der Waals surface area contributed by atoms with Gasteiger partial charge in [0.25, 0.3) is 0 Å². The second-order valence-corrected chi connectivity index (χ2v) is 7.41. The van der Waals surface area contributed by atoms with Crippen LogP contribution in [0.1, 0.15) is 18.0 Å². The lowest BCUT2D eigenvalue weighted by Gasteiger charge is -2.36. The summed E-state index contributed by atoms with van der Waals surface area (Å²) < 4.78 is 22.4. The molecule has 5 heteroatoms. The Morgan fingerprint density at radius 3 is 2.74 bits per heavy atom. The highest BCUT2D eigenvalue weighted by Gasteiger charge is 2.23. The average Bonchev–Trinajstić information content (AvgIpc) is 2.39. The van der Waals surface area contributed by atoms with E-state index >= 15 is 0 Å². The second-order valence-electron chi connectivity index (χ2n) is 5.15. The monoisotopic (exact) mass is 282 g/mol. The molecular weight excluding hydrogens is 260 g/mol. The molecule has 1 saturated heterocycles. The first-order valence-electron chi connectivity index (χ1n) is 6.74. The van der Waals surface area contributed by atoms with Gasteiger partial charge in [0.05, 0.1) is 5.75 Å². The number of sulfone groups is 1. The normalized spacial score (nSPS) is 21.4. The van der Waals surface area contributed by atoms with Crippen LogP contribution in [-0.4, -0.2) is 51.5 Å². The van der Waals surface area contributed by atoms with E-state index in [1.54, 1.807) is 0 Å². The van der Waals surface area contributed by atoms with Gasteiger partial charge in [-0.3, -0.25) is 4.90 Å². The summed E-state index contributed by atoms with van der Waals surface area (Å²) >= 11 is 0. The Morgan fingerprint density at radius 2 is 2.05 bits per heavy atom. The summed E-state index contributed by atoms with van der Waals surface area (Å²) in [5.74, 6) is 0.276. The van der Waals surface area contributed by atoms with E-state index in [1.165, 1.54) is 11.8 Å². The summed E-state index contributed by atoms with van der Waals surface area (Å²) in [7, 11) is -2.85. The highest BCUT2D eigenvalue weighted by Crippen LogP contribution is 2.21. The standard InChI is InChI=1S/C14H22N2O2S/c1-19(17,18)11-5-9-16-10-8-15-12-14(16)13-6-3-2-4-7-13/h2-4,6-7,14-15H,5,8-12H2,1H3. The van der Waals surface area contributed by atoms with Gasteiger partial charge in [-0.25, -0.2) is 8.42 Å². The van der Waals surface area contributed by atoms with Crippen LogP contribution in [0.15, 0.2) is 30.3 Å². The number of hydrogen-bond donors (Lipinski definition) is 1. The largest absolute Gasteiger partial charge is 0.314 e. The van der Waals surface area contributed by atoms with Gasteiger partial charge in [-0.05, 0) is 18.5 Å². The van der Waals surface area contributed by atoms with Crippen LogP contribution in [0.5, 0.6) is 0 Å². The van der Waals surface area contributed by atoms with E-state index in [0.29, 0.717) is 12.5 Å². The van der Waals surface area contributed by atoms with Crippen LogP contribution in [0.4, 0.5) is 0 Å². The molecular formula is C14H22N2O2S. The lowest BCUT2D eigenvalue weighted by atomic mass is 10.0. The molecule has 1 fully saturated rings. The van der Waals surface area contributed by atoms with Crippen LogP contribution in [0.25, 0.3) is 0 Å². The fourth-order valence-electron chi connectivity index (χ4n) is 2.55. The van der Waals surface area contributed by atoms with E-state index in [2.05, 4.69) is 34.5 Å². The fraction of sp³-hybridized carbons (Fsp3) is 0.571. The highest BCUT2D eigenvalue weighted by atomic mass is 32.2. The van der Waals surface area contributed by atoms with Gasteiger partial charge >= 0.3 is 0 Å². The van der Waals surface area contributed by atoms with Crippen molar-refractivity contribution in [3.05, 3.63) is 35.9 Å². The average molecular weight is 282 g/mol. The zero-order valence-electron chi connectivity index (χ0n) is 11.4. The van der Waals surface area contributed by atoms with Gasteiger partial charge in [0, 0.05) is 31.9 Å². The van der Waals surface area contributed by atoms with Crippen LogP contribution in [0, 0.1) is 0 Å². The summed E-state index contributed by atoms with van der Waals surface area (Å²) in [6.45, 7) is 3.72. The second kappa shape index (κ2) is 6.50. The molecule has 19 heavy (non-hydrogen) atoms. The first-order chi connectivity index (χ1) is 9.06. The van der Waals surface area contributed by atoms with Crippen LogP contribution >= 0.6 is 0 Å². The van der Waals surface area contributed by atoms with Crippen molar-refractivity contribution in [2.75, 3.05) is 38.2 Å². The molecule has 0 aliphatic carbocycles. The Morgan fingerprint density at radius 1 is 1.32 bits per heavy atom. The Hall–Kier alpha value is -0.910. The Labute approximate surface area is 115 Å². The molecule has 1 aromatic carbocycles. The molecule has 0 saturated carbocycles. The Bertz CT molecular complexity index is 487. The minimum Gasteiger partial charge on any atom is -0.314 e. The van der Waals surface area contributed by atoms with Gasteiger partial charge in [0.1, 0.15) is 9.84 Å². The number of hydrogen-bond acceptors (Lipinski definition) is 4. The van der Waals surface area contributed by atoms with Crippen molar-refractivity contribution in [3.8, 4) is 0 Å². The third kappa shape index (κ3) is 4.60. The van der Waals surface area contributed by atoms with Crippen molar-refractivity contribution in [1.82, 2.24) is 10.2 Å². The Balaban J connectivity index is 1.97. The molecule has 0 spiro atoms. The first-order valence-corrected chi connectivity index (χ1v) is 8.80. The van der Waals surface area contributed by atoms with Crippen molar-refractivity contribution in [2.24, 2.45) is 0 Å². The Kier molecular flexibility index (Phi) is 4.96. The minimum atomic E-state index is -2.85. The molecule has 4 nitrogen and oxygen atoms in total. The number of rotatable bonds is 5. The predicted octanol–water partition coefficient (Wildman–Crippen LogP) is 1.07. The zero-order valence-corrected chi connectivity index (χ0v) is 12.2. The van der Waals surface area contributed by atoms with Gasteiger partial charge in [-0.1, -0.05) is 30.3 Å². The van der Waals surface area contributed by atoms with Crippen molar-refractivity contribution in [1.29, 1.82) is 0 Å². The van der Waals surface area contributed by atoms with Crippen molar-refractivity contribution < 1.29 is 8.42 Å². The molecule has 1 aliphatic rings. The number of piperazine rings is 1. The van der Waals surface area contributed by atoms with E-state index < -0.39 is 9.84 Å². The van der Waals surface area contributed by atoms with Crippen LogP contribution in [0.2, 0.25) is 0 Å². The van der Waals surface area contributed by atoms with E-state index in [4.69, 9.17) is 0 Å². The highest BCUT2D eigenvalue weighted by molar-refractivity contribution is 7.90. The quantitative estimate of drug-likeness (QED) is 0.877. The van der Waals surface area contributed by atoms with Gasteiger partial charge < -0.3 is 5.32 Å². The molecule has 1 aromatic rings. The molecule has 1 aliphatic heterocycles. The van der Waals surface area contributed by atoms with Crippen LogP contribution in [-0.2, 0) is 9.84 Å². The molecule has 1 N–H and O–H groups in total. The topological polar surface area (TPSA) is 49.4 Å². The molecule has 2 rings (SSSR count). The molecule has 0 radical (unpaired) electrons. The maximum Gasteiger partial charge on any atom is 0.147 e. The van der Waals surface area contributed by atoms with Gasteiger partial charge in [0.2, 0.25) is 0 Å². The van der Waals surface area contributed by atoms with Crippen LogP contribution < -0.4 is 5.32 Å². The third-order valence-corrected chi connectivity index (χ3v) is 4.53. The lowest BCUT2D eigenvalue weighted by molar-refractivity contribution is 0.162. The summed E-state index contributed by atoms with van der Waals surface area (Å²) in [6.07, 6.45) is 2.02. The van der Waals surface area contributed by atoms with Crippen molar-refractivity contribution in [3.63, 3.8) is 0 Å². The molecule has 0 amide bonds. The molecule has 1 heterocycles. The molecule has 1 unspecified atom stereocenters. The maximum atomic E-state index is 11.2. The smallest absolute Gasteiger partial charge is 0.147 e. The third-order valence-electron chi connectivity index (χ3n) is 3.50. The van der Waals surface area contributed by atoms with E-state index in [1.807, 2.05) is 6.07 Å². The van der Waals surface area contributed by atoms with Crippen LogP contribution in [0.3, 0.4) is 0 Å². The number of nitrogens with zero attached hydrogens (tertiary/aromatic N) is 1. The van der Waals surface area contributed by atoms with E-state index in [9.17, 15) is 8.42 Å². The summed E-state index contributed by atoms with van der Waals surface area (Å²) in [6, 6.07) is 10.8. The lowest BCUT2D eigenvalue weighted by Crippen LogP contribution is -2.46. The van der Waals surface area contributed by atoms with Crippen molar-refractivity contribution in [2.45, 2.75) is 12.5 Å². The molecule has 0 bridgehead atoms. The summed E-state index contributed by atoms with van der Waals surface area (Å²) in [5, 5.41) is 3.41. The summed E-state index contributed by atoms with van der Waals surface area (Å²) in [5.41, 5.74) is 1.30. The van der Waals surface area contributed by atoms with Crippen molar-refractivity contribution >= 4 is 9.84 Å². The van der Waals surface area contributed by atoms with Gasteiger partial charge in [-0.2, -0.15) is 0 Å². The number of nitrogens with one attached hydrogen (secondary N) is 1. The molecule has 0 aromatic heterocycles. The SMILES string of the molecule is CS(=O)(=O)CCCN1CCNCC1c1ccccc1. The zero-order chi connectivity index (χ0) is 13.7. The van der Waals surface area contributed by atoms with E-state index in [-0.39, 0.29) is 5.75 Å². The minimum absolute atomic E-state index is 0.276. The van der Waals surface area contributed by atoms with Gasteiger partial charge in [0.15, 0.2) is 0 Å². The first kappa shape index (κ1) is 14.5. The number of benzene rings is 1. The molecule has 106 valence electrons. The summed E-state index contributed by atoms with van der Waals surface area (Å²) in [4.78, 5) is 2.39. The fourth-order valence-corrected chi connectivity index (χ4v) is 3.20.